The highest BCUT2D eigenvalue weighted by Crippen LogP contribution is 2.22. The highest BCUT2D eigenvalue weighted by Gasteiger charge is 2.31. The van der Waals surface area contributed by atoms with Gasteiger partial charge in [0.15, 0.2) is 5.78 Å². The van der Waals surface area contributed by atoms with Crippen molar-refractivity contribution < 1.29 is 32.6 Å². The van der Waals surface area contributed by atoms with E-state index in [0.29, 0.717) is 0 Å². The molecule has 0 aliphatic carbocycles. The number of hydrogen-bond acceptors (Lipinski definition) is 3. The highest BCUT2D eigenvalue weighted by molar-refractivity contribution is 6.05. The molecule has 1 N–H and O–H groups in total. The molecule has 0 spiro atoms. The smallest absolute Gasteiger partial charge is 0.481 e. The predicted octanol–water partition coefficient (Wildman–Crippen LogP) is 2.24. The number of carboxylic acids is 1. The minimum absolute atomic E-state index is 0.0157. The summed E-state index contributed by atoms with van der Waals surface area (Å²) in [6.07, 6.45) is -5.51. The number of rotatable bonds is 4. The summed E-state index contributed by atoms with van der Waals surface area (Å²) in [5.41, 5.74) is 0.0157. The number of hydrogen-bond donors (Lipinski definition) is 1. The van der Waals surface area contributed by atoms with E-state index >= 15 is 0 Å². The van der Waals surface area contributed by atoms with Crippen molar-refractivity contribution >= 4 is 11.8 Å². The lowest BCUT2D eigenvalue weighted by molar-refractivity contribution is -0.274. The molecule has 0 radical (unpaired) electrons. The largest absolute Gasteiger partial charge is 0.573 e. The predicted molar refractivity (Wildman–Crippen MR) is 49.7 cm³/mol. The Morgan fingerprint density at radius 1 is 1.18 bits per heavy atom. The van der Waals surface area contributed by atoms with Gasteiger partial charge in [0, 0.05) is 5.56 Å². The van der Waals surface area contributed by atoms with E-state index < -0.39 is 30.3 Å². The molecule has 1 rings (SSSR count). The van der Waals surface area contributed by atoms with Gasteiger partial charge >= 0.3 is 12.3 Å². The van der Waals surface area contributed by atoms with Gasteiger partial charge in [0.05, 0.1) is 0 Å². The van der Waals surface area contributed by atoms with E-state index in [2.05, 4.69) is 4.74 Å². The number of carboxylic acid groups (broad SMARTS) is 1. The minimum Gasteiger partial charge on any atom is -0.481 e. The Morgan fingerprint density at radius 2 is 1.71 bits per heavy atom. The molecule has 0 atom stereocenters. The first kappa shape index (κ1) is 13.0. The molecule has 0 heterocycles. The quantitative estimate of drug-likeness (QED) is 0.655. The van der Waals surface area contributed by atoms with Crippen LogP contribution in [0.5, 0.6) is 5.75 Å². The van der Waals surface area contributed by atoms with E-state index in [4.69, 9.17) is 5.11 Å². The van der Waals surface area contributed by atoms with E-state index in [1.165, 1.54) is 0 Å². The highest BCUT2D eigenvalue weighted by atomic mass is 19.4. The van der Waals surface area contributed by atoms with Gasteiger partial charge in [0.25, 0.3) is 0 Å². The van der Waals surface area contributed by atoms with Gasteiger partial charge < -0.3 is 9.84 Å². The second kappa shape index (κ2) is 4.86. The van der Waals surface area contributed by atoms with E-state index in [-0.39, 0.29) is 5.56 Å². The number of halogens is 3. The molecule has 0 bridgehead atoms. The van der Waals surface area contributed by atoms with Gasteiger partial charge in [-0.2, -0.15) is 0 Å². The van der Waals surface area contributed by atoms with Crippen LogP contribution >= 0.6 is 0 Å². The Morgan fingerprint density at radius 3 is 2.12 bits per heavy atom. The Kier molecular flexibility index (Phi) is 3.72. The molecule has 0 unspecified atom stereocenters. The molecule has 1 aromatic carbocycles. The molecule has 0 aromatic heterocycles. The fourth-order valence-corrected chi connectivity index (χ4v) is 1.08. The van der Waals surface area contributed by atoms with E-state index in [9.17, 15) is 22.8 Å². The lowest BCUT2D eigenvalue weighted by atomic mass is 10.1. The van der Waals surface area contributed by atoms with Crippen LogP contribution in [0, 0.1) is 0 Å². The number of carbonyl (C=O) groups is 2. The number of ketones is 1. The Hall–Kier alpha value is -2.05. The first-order chi connectivity index (χ1) is 7.78. The van der Waals surface area contributed by atoms with Crippen LogP contribution in [0.4, 0.5) is 13.2 Å². The van der Waals surface area contributed by atoms with Crippen molar-refractivity contribution in [3.63, 3.8) is 0 Å². The Labute approximate surface area is 93.6 Å². The number of carbonyl (C=O) groups excluding carboxylic acids is 1. The summed E-state index contributed by atoms with van der Waals surface area (Å²) in [5.74, 6) is -2.45. The van der Waals surface area contributed by atoms with Crippen molar-refractivity contribution in [2.24, 2.45) is 0 Å². The molecule has 92 valence electrons. The van der Waals surface area contributed by atoms with E-state index in [1.807, 2.05) is 0 Å². The summed E-state index contributed by atoms with van der Waals surface area (Å²) < 4.78 is 39.0. The number of aliphatic carboxylic acids is 1. The summed E-state index contributed by atoms with van der Waals surface area (Å²) in [6, 6.07) is 4.05. The van der Waals surface area contributed by atoms with Gasteiger partial charge in [-0.1, -0.05) is 0 Å². The summed E-state index contributed by atoms with van der Waals surface area (Å²) in [7, 11) is 0. The van der Waals surface area contributed by atoms with Gasteiger partial charge in [0.2, 0.25) is 0 Å². The summed E-state index contributed by atoms with van der Waals surface area (Å²) >= 11 is 0. The standard InChI is InChI=1S/C10H7F3O4/c11-10(12,13)17-7-3-1-6(2-4-7)8(14)5-9(15)16/h1-4H,5H2,(H,15,16). The fourth-order valence-electron chi connectivity index (χ4n) is 1.08. The van der Waals surface area contributed by atoms with Crippen LogP contribution in [0.2, 0.25) is 0 Å². The van der Waals surface area contributed by atoms with E-state index in [0.717, 1.165) is 24.3 Å². The second-order valence-electron chi connectivity index (χ2n) is 3.07. The Bertz CT molecular complexity index is 422. The second-order valence-corrected chi connectivity index (χ2v) is 3.07. The third kappa shape index (κ3) is 4.54. The van der Waals surface area contributed by atoms with Crippen molar-refractivity contribution in [1.82, 2.24) is 0 Å². The lowest BCUT2D eigenvalue weighted by Gasteiger charge is -2.08. The minimum atomic E-state index is -4.80. The molecular formula is C10H7F3O4. The molecular weight excluding hydrogens is 241 g/mol. The van der Waals surface area contributed by atoms with Crippen LogP contribution in [0.15, 0.2) is 24.3 Å². The van der Waals surface area contributed by atoms with Gasteiger partial charge in [-0.05, 0) is 24.3 Å². The van der Waals surface area contributed by atoms with Crippen molar-refractivity contribution in [3.05, 3.63) is 29.8 Å². The van der Waals surface area contributed by atoms with Crippen LogP contribution in [-0.2, 0) is 4.79 Å². The summed E-state index contributed by atoms with van der Waals surface area (Å²) in [5, 5.41) is 8.36. The Balaban J connectivity index is 2.74. The molecule has 1 aromatic rings. The van der Waals surface area contributed by atoms with Crippen LogP contribution in [0.3, 0.4) is 0 Å². The van der Waals surface area contributed by atoms with Gasteiger partial charge in [-0.3, -0.25) is 9.59 Å². The molecule has 0 aliphatic rings. The van der Waals surface area contributed by atoms with Gasteiger partial charge in [-0.25, -0.2) is 0 Å². The van der Waals surface area contributed by atoms with E-state index in [1.54, 1.807) is 0 Å². The van der Waals surface area contributed by atoms with Crippen LogP contribution in [0.25, 0.3) is 0 Å². The van der Waals surface area contributed by atoms with Crippen molar-refractivity contribution in [2.45, 2.75) is 12.8 Å². The average molecular weight is 248 g/mol. The monoisotopic (exact) mass is 248 g/mol. The topological polar surface area (TPSA) is 63.6 Å². The molecule has 0 saturated carbocycles. The molecule has 4 nitrogen and oxygen atoms in total. The maximum atomic E-state index is 11.8. The third-order valence-electron chi connectivity index (χ3n) is 1.72. The van der Waals surface area contributed by atoms with Crippen molar-refractivity contribution in [3.8, 4) is 5.75 Å². The zero-order valence-electron chi connectivity index (χ0n) is 8.32. The van der Waals surface area contributed by atoms with Gasteiger partial charge in [0.1, 0.15) is 12.2 Å². The van der Waals surface area contributed by atoms with Crippen molar-refractivity contribution in [1.29, 1.82) is 0 Å². The third-order valence-corrected chi connectivity index (χ3v) is 1.72. The number of ether oxygens (including phenoxy) is 1. The normalized spacial score (nSPS) is 11.0. The van der Waals surface area contributed by atoms with Crippen LogP contribution in [0.1, 0.15) is 16.8 Å². The number of benzene rings is 1. The number of alkyl halides is 3. The first-order valence-electron chi connectivity index (χ1n) is 4.39. The SMILES string of the molecule is O=C(O)CC(=O)c1ccc(OC(F)(F)F)cc1. The molecule has 0 saturated heterocycles. The van der Waals surface area contributed by atoms with Gasteiger partial charge in [-0.15, -0.1) is 13.2 Å². The van der Waals surface area contributed by atoms with Crippen LogP contribution in [-0.4, -0.2) is 23.2 Å². The van der Waals surface area contributed by atoms with Crippen LogP contribution < -0.4 is 4.74 Å². The lowest BCUT2D eigenvalue weighted by Crippen LogP contribution is -2.17. The number of Topliss-reactive ketones (excluding diaryl/α,β-unsaturated/α-hetero) is 1. The molecule has 7 heteroatoms. The molecule has 0 aliphatic heterocycles. The summed E-state index contributed by atoms with van der Waals surface area (Å²) in [4.78, 5) is 21.5. The maximum absolute atomic E-state index is 11.8. The maximum Gasteiger partial charge on any atom is 0.573 e. The average Bonchev–Trinajstić information content (AvgIpc) is 2.15. The molecule has 0 amide bonds. The molecule has 17 heavy (non-hydrogen) atoms. The summed E-state index contributed by atoms with van der Waals surface area (Å²) in [6.45, 7) is 0. The fraction of sp³-hybridized carbons (Fsp3) is 0.200. The van der Waals surface area contributed by atoms with Crippen molar-refractivity contribution in [2.75, 3.05) is 0 Å². The zero-order valence-corrected chi connectivity index (χ0v) is 8.32. The first-order valence-corrected chi connectivity index (χ1v) is 4.39. The molecule has 0 fully saturated rings. The zero-order chi connectivity index (χ0) is 13.1.